The van der Waals surface area contributed by atoms with E-state index >= 15 is 0 Å². The number of hydrogen-bond donors (Lipinski definition) is 1. The molecule has 1 aromatic carbocycles. The zero-order valence-corrected chi connectivity index (χ0v) is 13.5. The van der Waals surface area contributed by atoms with Crippen LogP contribution in [0, 0.1) is 12.8 Å². The number of rotatable bonds is 3. The average Bonchev–Trinajstić information content (AvgIpc) is 3.05. The Balaban J connectivity index is 1.87. The first kappa shape index (κ1) is 14.4. The highest BCUT2D eigenvalue weighted by molar-refractivity contribution is 7.21. The molecule has 0 aliphatic carbocycles. The first-order chi connectivity index (χ1) is 10.1. The van der Waals surface area contributed by atoms with E-state index in [4.69, 9.17) is 5.73 Å². The van der Waals surface area contributed by atoms with E-state index in [0.717, 1.165) is 29.6 Å². The fourth-order valence-corrected chi connectivity index (χ4v) is 4.27. The van der Waals surface area contributed by atoms with Crippen LogP contribution in [-0.2, 0) is 0 Å². The zero-order chi connectivity index (χ0) is 15.0. The highest BCUT2D eigenvalue weighted by Gasteiger charge is 2.28. The zero-order valence-electron chi connectivity index (χ0n) is 12.7. The van der Waals surface area contributed by atoms with Gasteiger partial charge in [-0.3, -0.25) is 4.79 Å². The lowest BCUT2D eigenvalue weighted by Crippen LogP contribution is -2.28. The van der Waals surface area contributed by atoms with Gasteiger partial charge in [-0.2, -0.15) is 0 Å². The van der Waals surface area contributed by atoms with Gasteiger partial charge in [-0.15, -0.1) is 11.3 Å². The molecule has 2 heterocycles. The van der Waals surface area contributed by atoms with Gasteiger partial charge in [-0.1, -0.05) is 25.0 Å². The molecule has 0 saturated carbocycles. The Morgan fingerprint density at radius 3 is 3.05 bits per heavy atom. The molecule has 3 rings (SSSR count). The summed E-state index contributed by atoms with van der Waals surface area (Å²) < 4.78 is 1.10. The molecule has 1 amide bonds. The summed E-state index contributed by atoms with van der Waals surface area (Å²) in [5.74, 6) is 0.779. The Kier molecular flexibility index (Phi) is 3.89. The molecule has 4 heteroatoms. The fourth-order valence-electron chi connectivity index (χ4n) is 3.19. The molecule has 2 aromatic rings. The van der Waals surface area contributed by atoms with E-state index in [1.54, 1.807) is 0 Å². The maximum atomic E-state index is 12.7. The van der Waals surface area contributed by atoms with Crippen molar-refractivity contribution in [2.75, 3.05) is 18.8 Å². The maximum Gasteiger partial charge on any atom is 0.266 e. The van der Waals surface area contributed by atoms with E-state index < -0.39 is 0 Å². The Labute approximate surface area is 129 Å². The second kappa shape index (κ2) is 5.68. The lowest BCUT2D eigenvalue weighted by Gasteiger charge is -2.15. The predicted octanol–water partition coefficient (Wildman–Crippen LogP) is 4.05. The summed E-state index contributed by atoms with van der Waals surface area (Å²) in [6, 6.07) is 6.20. The van der Waals surface area contributed by atoms with E-state index in [1.807, 2.05) is 11.8 Å². The number of fused-ring (bicyclic) bond motifs is 1. The molecule has 3 nitrogen and oxygen atoms in total. The van der Waals surface area contributed by atoms with Crippen molar-refractivity contribution in [2.24, 2.45) is 5.92 Å². The van der Waals surface area contributed by atoms with Crippen LogP contribution in [0.15, 0.2) is 18.2 Å². The van der Waals surface area contributed by atoms with E-state index in [9.17, 15) is 4.79 Å². The predicted molar refractivity (Wildman–Crippen MR) is 89.9 cm³/mol. The molecule has 21 heavy (non-hydrogen) atoms. The lowest BCUT2D eigenvalue weighted by molar-refractivity contribution is 0.0792. The molecule has 0 spiro atoms. The van der Waals surface area contributed by atoms with E-state index in [-0.39, 0.29) is 5.91 Å². The number of hydrogen-bond acceptors (Lipinski definition) is 3. The number of carbonyl (C=O) groups is 1. The number of nitrogen functional groups attached to an aromatic ring is 1. The third kappa shape index (κ3) is 2.64. The van der Waals surface area contributed by atoms with Crippen molar-refractivity contribution in [3.05, 3.63) is 28.6 Å². The minimum atomic E-state index is 0.116. The number of anilines is 1. The summed E-state index contributed by atoms with van der Waals surface area (Å²) in [7, 11) is 0. The third-order valence-corrected chi connectivity index (χ3v) is 5.52. The smallest absolute Gasteiger partial charge is 0.266 e. The number of thiophene rings is 1. The Morgan fingerprint density at radius 1 is 1.48 bits per heavy atom. The monoisotopic (exact) mass is 302 g/mol. The number of nitrogens with two attached hydrogens (primary N) is 1. The molecule has 1 aliphatic rings. The van der Waals surface area contributed by atoms with Gasteiger partial charge in [0.15, 0.2) is 0 Å². The highest BCUT2D eigenvalue weighted by atomic mass is 32.1. The fraction of sp³-hybridized carbons (Fsp3) is 0.471. The molecule has 112 valence electrons. The highest BCUT2D eigenvalue weighted by Crippen LogP contribution is 2.36. The van der Waals surface area contributed by atoms with Crippen molar-refractivity contribution in [1.29, 1.82) is 0 Å². The summed E-state index contributed by atoms with van der Waals surface area (Å²) in [4.78, 5) is 15.4. The van der Waals surface area contributed by atoms with E-state index in [2.05, 4.69) is 25.1 Å². The number of aryl methyl sites for hydroxylation is 1. The van der Waals surface area contributed by atoms with Crippen LogP contribution >= 0.6 is 11.3 Å². The van der Waals surface area contributed by atoms with Gasteiger partial charge in [-0.05, 0) is 37.8 Å². The third-order valence-electron chi connectivity index (χ3n) is 4.35. The van der Waals surface area contributed by atoms with Crippen LogP contribution in [0.4, 0.5) is 5.69 Å². The van der Waals surface area contributed by atoms with Crippen LogP contribution in [0.2, 0.25) is 0 Å². The average molecular weight is 302 g/mol. The molecular formula is C17H22N2OS. The summed E-state index contributed by atoms with van der Waals surface area (Å²) in [6.45, 7) is 6.01. The van der Waals surface area contributed by atoms with Crippen LogP contribution in [0.3, 0.4) is 0 Å². The first-order valence-corrected chi connectivity index (χ1v) is 8.49. The van der Waals surface area contributed by atoms with Gasteiger partial charge in [0.2, 0.25) is 0 Å². The van der Waals surface area contributed by atoms with Crippen LogP contribution in [0.5, 0.6) is 0 Å². The second-order valence-corrected chi connectivity index (χ2v) is 7.09. The first-order valence-electron chi connectivity index (χ1n) is 7.68. The molecule has 1 aliphatic heterocycles. The number of benzene rings is 1. The number of nitrogens with zero attached hydrogens (tertiary/aromatic N) is 1. The second-order valence-electron chi connectivity index (χ2n) is 6.04. The maximum absolute atomic E-state index is 12.7. The number of likely N-dealkylation sites (tertiary alicyclic amines) is 1. The van der Waals surface area contributed by atoms with Gasteiger partial charge in [0, 0.05) is 23.2 Å². The van der Waals surface area contributed by atoms with Crippen molar-refractivity contribution in [2.45, 2.75) is 33.1 Å². The number of carbonyl (C=O) groups excluding carboxylic acids is 1. The Bertz CT molecular complexity index is 677. The van der Waals surface area contributed by atoms with Crippen molar-refractivity contribution < 1.29 is 4.79 Å². The molecule has 1 aromatic heterocycles. The van der Waals surface area contributed by atoms with Crippen LogP contribution < -0.4 is 5.73 Å². The van der Waals surface area contributed by atoms with Crippen LogP contribution in [0.25, 0.3) is 10.1 Å². The van der Waals surface area contributed by atoms with Gasteiger partial charge < -0.3 is 10.6 Å². The standard InChI is InChI=1S/C17H22N2OS/c1-3-4-12-7-8-19(10-12)17(20)16-15(18)13-9-11(2)5-6-14(13)21-16/h5-6,9,12H,3-4,7-8,10,18H2,1-2H3. The van der Waals surface area contributed by atoms with Gasteiger partial charge in [0.1, 0.15) is 4.88 Å². The lowest BCUT2D eigenvalue weighted by atomic mass is 10.0. The van der Waals surface area contributed by atoms with Crippen molar-refractivity contribution in [3.63, 3.8) is 0 Å². The van der Waals surface area contributed by atoms with Gasteiger partial charge >= 0.3 is 0 Å². The Hall–Kier alpha value is -1.55. The normalized spacial score (nSPS) is 18.6. The van der Waals surface area contributed by atoms with Crippen molar-refractivity contribution in [3.8, 4) is 0 Å². The van der Waals surface area contributed by atoms with Crippen molar-refractivity contribution in [1.82, 2.24) is 4.90 Å². The molecule has 1 saturated heterocycles. The number of amides is 1. The molecule has 1 unspecified atom stereocenters. The minimum absolute atomic E-state index is 0.116. The summed E-state index contributed by atoms with van der Waals surface area (Å²) in [6.07, 6.45) is 3.53. The molecule has 1 fully saturated rings. The molecule has 2 N–H and O–H groups in total. The van der Waals surface area contributed by atoms with Crippen molar-refractivity contribution >= 4 is 33.0 Å². The molecule has 0 radical (unpaired) electrons. The van der Waals surface area contributed by atoms with E-state index in [0.29, 0.717) is 16.5 Å². The molecule has 0 bridgehead atoms. The minimum Gasteiger partial charge on any atom is -0.397 e. The summed E-state index contributed by atoms with van der Waals surface area (Å²) >= 11 is 1.53. The SMILES string of the molecule is CCCC1CCN(C(=O)c2sc3ccc(C)cc3c2N)C1. The quantitative estimate of drug-likeness (QED) is 0.929. The topological polar surface area (TPSA) is 46.3 Å². The van der Waals surface area contributed by atoms with Gasteiger partial charge in [-0.25, -0.2) is 0 Å². The Morgan fingerprint density at radius 2 is 2.29 bits per heavy atom. The largest absolute Gasteiger partial charge is 0.397 e. The summed E-state index contributed by atoms with van der Waals surface area (Å²) in [5.41, 5.74) is 8.06. The van der Waals surface area contributed by atoms with E-state index in [1.165, 1.54) is 29.7 Å². The summed E-state index contributed by atoms with van der Waals surface area (Å²) in [5, 5.41) is 1.02. The van der Waals surface area contributed by atoms with Crippen LogP contribution in [-0.4, -0.2) is 23.9 Å². The van der Waals surface area contributed by atoms with Gasteiger partial charge in [0.25, 0.3) is 5.91 Å². The van der Waals surface area contributed by atoms with Crippen LogP contribution in [0.1, 0.15) is 41.4 Å². The van der Waals surface area contributed by atoms with Gasteiger partial charge in [0.05, 0.1) is 5.69 Å². The molecular weight excluding hydrogens is 280 g/mol. The molecule has 1 atom stereocenters.